The maximum absolute atomic E-state index is 11.5. The molecule has 1 atom stereocenters. The van der Waals surface area contributed by atoms with Gasteiger partial charge in [0.15, 0.2) is 0 Å². The Morgan fingerprint density at radius 2 is 2.21 bits per heavy atom. The van der Waals surface area contributed by atoms with Crippen molar-refractivity contribution in [2.75, 3.05) is 12.4 Å². The van der Waals surface area contributed by atoms with E-state index in [1.807, 2.05) is 13.0 Å². The van der Waals surface area contributed by atoms with Gasteiger partial charge in [-0.1, -0.05) is 13.8 Å². The summed E-state index contributed by atoms with van der Waals surface area (Å²) in [4.78, 5) is 15.9. The van der Waals surface area contributed by atoms with E-state index in [1.54, 1.807) is 6.07 Å². The molecule has 0 bridgehead atoms. The van der Waals surface area contributed by atoms with Crippen molar-refractivity contribution in [3.8, 4) is 0 Å². The molecule has 1 aliphatic carbocycles. The molecular formula is C15H22N2O2. The first-order chi connectivity index (χ1) is 8.91. The van der Waals surface area contributed by atoms with E-state index in [4.69, 9.17) is 4.74 Å². The zero-order valence-corrected chi connectivity index (χ0v) is 12.1. The van der Waals surface area contributed by atoms with Gasteiger partial charge in [0.25, 0.3) is 0 Å². The predicted molar refractivity (Wildman–Crippen MR) is 75.4 cm³/mol. The number of hydrogen-bond donors (Lipinski definition) is 1. The molecule has 19 heavy (non-hydrogen) atoms. The molecule has 1 aromatic heterocycles. The number of anilines is 1. The van der Waals surface area contributed by atoms with E-state index in [9.17, 15) is 4.79 Å². The van der Waals surface area contributed by atoms with Crippen LogP contribution in [0.15, 0.2) is 12.1 Å². The van der Waals surface area contributed by atoms with Crippen LogP contribution in [0, 0.1) is 12.3 Å². The summed E-state index contributed by atoms with van der Waals surface area (Å²) < 4.78 is 4.72. The second-order valence-corrected chi connectivity index (χ2v) is 6.07. The highest BCUT2D eigenvalue weighted by molar-refractivity contribution is 5.90. The molecule has 0 saturated heterocycles. The lowest BCUT2D eigenvalue weighted by Crippen LogP contribution is -2.19. The fraction of sp³-hybridized carbons (Fsp3) is 0.600. The number of pyridine rings is 1. The fourth-order valence-electron chi connectivity index (χ4n) is 2.74. The van der Waals surface area contributed by atoms with Gasteiger partial charge in [-0.25, -0.2) is 9.78 Å². The normalized spacial score (nSPS) is 21.2. The first-order valence-electron chi connectivity index (χ1n) is 6.74. The lowest BCUT2D eigenvalue weighted by Gasteiger charge is -2.18. The minimum atomic E-state index is -0.335. The highest BCUT2D eigenvalue weighted by atomic mass is 16.5. The van der Waals surface area contributed by atoms with Gasteiger partial charge in [-0.05, 0) is 43.7 Å². The summed E-state index contributed by atoms with van der Waals surface area (Å²) in [7, 11) is 1.38. The van der Waals surface area contributed by atoms with Crippen molar-refractivity contribution >= 4 is 11.8 Å². The predicted octanol–water partition coefficient (Wildman–Crippen LogP) is 3.17. The molecule has 104 valence electrons. The van der Waals surface area contributed by atoms with E-state index in [-0.39, 0.29) is 5.97 Å². The van der Waals surface area contributed by atoms with Crippen LogP contribution in [0.3, 0.4) is 0 Å². The van der Waals surface area contributed by atoms with Crippen LogP contribution in [-0.2, 0) is 4.74 Å². The smallest absolute Gasteiger partial charge is 0.339 e. The average Bonchev–Trinajstić information content (AvgIpc) is 2.68. The molecule has 2 rings (SSSR count). The molecule has 1 heterocycles. The third-order valence-electron chi connectivity index (χ3n) is 3.81. The molecular weight excluding hydrogens is 240 g/mol. The standard InChI is InChI=1S/C15H22N2O2/c1-10-12(14(18)19-4)5-6-13(16-10)17-11-7-8-15(2,3)9-11/h5-6,11H,7-9H2,1-4H3,(H,16,17). The van der Waals surface area contributed by atoms with E-state index in [0.29, 0.717) is 22.7 Å². The average molecular weight is 262 g/mol. The molecule has 1 aromatic rings. The molecule has 1 saturated carbocycles. The zero-order valence-electron chi connectivity index (χ0n) is 12.1. The van der Waals surface area contributed by atoms with E-state index in [0.717, 1.165) is 12.2 Å². The summed E-state index contributed by atoms with van der Waals surface area (Å²) in [5.74, 6) is 0.506. The largest absolute Gasteiger partial charge is 0.465 e. The van der Waals surface area contributed by atoms with Crippen LogP contribution >= 0.6 is 0 Å². The number of nitrogens with zero attached hydrogens (tertiary/aromatic N) is 1. The maximum Gasteiger partial charge on any atom is 0.339 e. The number of esters is 1. The number of nitrogens with one attached hydrogen (secondary N) is 1. The van der Waals surface area contributed by atoms with Crippen molar-refractivity contribution in [3.05, 3.63) is 23.4 Å². The van der Waals surface area contributed by atoms with Crippen LogP contribution in [0.1, 0.15) is 49.2 Å². The quantitative estimate of drug-likeness (QED) is 0.850. The van der Waals surface area contributed by atoms with Gasteiger partial charge in [0.2, 0.25) is 0 Å². The third kappa shape index (κ3) is 3.25. The van der Waals surface area contributed by atoms with Crippen molar-refractivity contribution in [1.29, 1.82) is 0 Å². The van der Waals surface area contributed by atoms with E-state index < -0.39 is 0 Å². The van der Waals surface area contributed by atoms with E-state index in [2.05, 4.69) is 24.1 Å². The zero-order chi connectivity index (χ0) is 14.0. The molecule has 0 spiro atoms. The first kappa shape index (κ1) is 13.8. The first-order valence-corrected chi connectivity index (χ1v) is 6.74. The lowest BCUT2D eigenvalue weighted by molar-refractivity contribution is 0.0599. The van der Waals surface area contributed by atoms with Crippen molar-refractivity contribution < 1.29 is 9.53 Å². The van der Waals surface area contributed by atoms with Gasteiger partial charge in [0.05, 0.1) is 18.4 Å². The molecule has 1 unspecified atom stereocenters. The monoisotopic (exact) mass is 262 g/mol. The van der Waals surface area contributed by atoms with E-state index >= 15 is 0 Å². The summed E-state index contributed by atoms with van der Waals surface area (Å²) in [6.45, 7) is 6.43. The van der Waals surface area contributed by atoms with Crippen molar-refractivity contribution in [3.63, 3.8) is 0 Å². The number of carbonyl (C=O) groups excluding carboxylic acids is 1. The summed E-state index contributed by atoms with van der Waals surface area (Å²) in [5.41, 5.74) is 1.65. The molecule has 1 aliphatic rings. The Morgan fingerprint density at radius 1 is 1.47 bits per heavy atom. The lowest BCUT2D eigenvalue weighted by atomic mass is 9.92. The molecule has 4 nitrogen and oxygen atoms in total. The molecule has 0 aromatic carbocycles. The molecule has 1 fully saturated rings. The number of aryl methyl sites for hydroxylation is 1. The topological polar surface area (TPSA) is 51.2 Å². The van der Waals surface area contributed by atoms with Crippen LogP contribution in [0.2, 0.25) is 0 Å². The minimum absolute atomic E-state index is 0.335. The number of carbonyl (C=O) groups is 1. The second kappa shape index (κ2) is 5.19. The molecule has 0 amide bonds. The molecule has 4 heteroatoms. The summed E-state index contributed by atoms with van der Waals surface area (Å²) in [6, 6.07) is 4.10. The molecule has 1 N–H and O–H groups in total. The van der Waals surface area contributed by atoms with Gasteiger partial charge in [0, 0.05) is 6.04 Å². The Kier molecular flexibility index (Phi) is 3.78. The Hall–Kier alpha value is -1.58. The Labute approximate surface area is 114 Å². The summed E-state index contributed by atoms with van der Waals surface area (Å²) >= 11 is 0. The summed E-state index contributed by atoms with van der Waals surface area (Å²) in [6.07, 6.45) is 3.57. The number of aromatic nitrogens is 1. The van der Waals surface area contributed by atoms with Gasteiger partial charge in [-0.15, -0.1) is 0 Å². The van der Waals surface area contributed by atoms with Crippen LogP contribution in [0.25, 0.3) is 0 Å². The van der Waals surface area contributed by atoms with Crippen LogP contribution in [0.4, 0.5) is 5.82 Å². The van der Waals surface area contributed by atoms with Crippen molar-refractivity contribution in [2.45, 2.75) is 46.1 Å². The molecule has 0 aliphatic heterocycles. The van der Waals surface area contributed by atoms with Gasteiger partial charge in [-0.2, -0.15) is 0 Å². The minimum Gasteiger partial charge on any atom is -0.465 e. The number of ether oxygens (including phenoxy) is 1. The maximum atomic E-state index is 11.5. The second-order valence-electron chi connectivity index (χ2n) is 6.07. The van der Waals surface area contributed by atoms with Gasteiger partial charge < -0.3 is 10.1 Å². The highest BCUT2D eigenvalue weighted by Crippen LogP contribution is 2.38. The fourth-order valence-corrected chi connectivity index (χ4v) is 2.74. The van der Waals surface area contributed by atoms with Crippen molar-refractivity contribution in [1.82, 2.24) is 4.98 Å². The van der Waals surface area contributed by atoms with Crippen LogP contribution < -0.4 is 5.32 Å². The number of methoxy groups -OCH3 is 1. The third-order valence-corrected chi connectivity index (χ3v) is 3.81. The van der Waals surface area contributed by atoms with Crippen LogP contribution in [-0.4, -0.2) is 24.1 Å². The van der Waals surface area contributed by atoms with Gasteiger partial charge in [-0.3, -0.25) is 0 Å². The molecule has 0 radical (unpaired) electrons. The van der Waals surface area contributed by atoms with Crippen molar-refractivity contribution in [2.24, 2.45) is 5.41 Å². The Balaban J connectivity index is 2.07. The highest BCUT2D eigenvalue weighted by Gasteiger charge is 2.30. The van der Waals surface area contributed by atoms with Crippen LogP contribution in [0.5, 0.6) is 0 Å². The Bertz CT molecular complexity index is 483. The van der Waals surface area contributed by atoms with E-state index in [1.165, 1.54) is 20.0 Å². The number of rotatable bonds is 3. The summed E-state index contributed by atoms with van der Waals surface area (Å²) in [5, 5.41) is 3.46. The van der Waals surface area contributed by atoms with Gasteiger partial charge >= 0.3 is 5.97 Å². The Morgan fingerprint density at radius 3 is 2.74 bits per heavy atom. The van der Waals surface area contributed by atoms with Gasteiger partial charge in [0.1, 0.15) is 5.82 Å². The number of hydrogen-bond acceptors (Lipinski definition) is 4. The SMILES string of the molecule is COC(=O)c1ccc(NC2CCC(C)(C)C2)nc1C.